The zero-order valence-corrected chi connectivity index (χ0v) is 34.5. The highest BCUT2D eigenvalue weighted by Crippen LogP contribution is 2.54. The van der Waals surface area contributed by atoms with Crippen molar-refractivity contribution in [3.63, 3.8) is 0 Å². The molecule has 7 heteroatoms. The second kappa shape index (κ2) is 12.9. The van der Waals surface area contributed by atoms with E-state index in [2.05, 4.69) is 0 Å². The van der Waals surface area contributed by atoms with Gasteiger partial charge in [-0.15, -0.1) is 0 Å². The Kier molecular flexibility index (Phi) is 4.68. The van der Waals surface area contributed by atoms with Gasteiger partial charge in [-0.2, -0.15) is 0 Å². The van der Waals surface area contributed by atoms with Crippen LogP contribution in [-0.2, 0) is 0 Å². The van der Waals surface area contributed by atoms with Gasteiger partial charge in [0.05, 0.1) is 31.9 Å². The molecule has 0 aliphatic carbocycles. The zero-order chi connectivity index (χ0) is 56.5. The van der Waals surface area contributed by atoms with Crippen LogP contribution in [0.2, 0.25) is 0 Å². The number of hydrogen-bond acceptors (Lipinski definition) is 6. The van der Waals surface area contributed by atoms with Crippen LogP contribution < -0.4 is 26.2 Å². The molecule has 67 heavy (non-hydrogen) atoms. The standard InChI is InChI=1S/C60H33BN2O4/c1-4-18-34(19-5-1)35-32-42-52-43(33-35)63(37-22-8-3-9-23-37)56-54(58-49(39-25-11-15-29-45(39)65-58)51-41-27-13-17-31-47(41)67-60(51)56)61(52)53-55(62(42)36-20-6-2-7-21-36)59-50(40-26-12-16-30-46(40)66-59)48-38-24-10-14-28-44(38)64-57(48)53/h1-33H/i1D,2D,3D,4D,5D,6D,7D,8D,9D,18D,19D,20D,21D,22D,23D. The van der Waals surface area contributed by atoms with Gasteiger partial charge in [-0.05, 0) is 77.2 Å². The van der Waals surface area contributed by atoms with E-state index >= 15 is 0 Å². The van der Waals surface area contributed by atoms with Crippen LogP contribution in [0.1, 0.15) is 20.6 Å². The molecule has 0 saturated carbocycles. The van der Waals surface area contributed by atoms with Crippen molar-refractivity contribution in [3.05, 3.63) is 200 Å². The molecule has 0 unspecified atom stereocenters. The lowest BCUT2D eigenvalue weighted by atomic mass is 9.33. The molecular weight excluding hydrogens is 823 g/mol. The lowest BCUT2D eigenvalue weighted by molar-refractivity contribution is 0.664. The molecule has 2 aliphatic heterocycles. The van der Waals surface area contributed by atoms with E-state index in [0.717, 1.165) is 0 Å². The van der Waals surface area contributed by atoms with Gasteiger partial charge in [-0.1, -0.05) is 139 Å². The quantitative estimate of drug-likeness (QED) is 0.165. The number of rotatable bonds is 3. The van der Waals surface area contributed by atoms with E-state index in [4.69, 9.17) is 24.5 Å². The van der Waals surface area contributed by atoms with Crippen molar-refractivity contribution in [2.75, 3.05) is 9.80 Å². The molecule has 0 fully saturated rings. The van der Waals surface area contributed by atoms with Crippen LogP contribution >= 0.6 is 0 Å². The fourth-order valence-corrected chi connectivity index (χ4v) is 11.0. The van der Waals surface area contributed by atoms with Gasteiger partial charge in [0.25, 0.3) is 6.71 Å². The molecule has 0 amide bonds. The maximum atomic E-state index is 9.83. The van der Waals surface area contributed by atoms with Crippen molar-refractivity contribution in [1.29, 1.82) is 0 Å². The summed E-state index contributed by atoms with van der Waals surface area (Å²) >= 11 is 0. The zero-order valence-electron chi connectivity index (χ0n) is 49.5. The smallest absolute Gasteiger partial charge is 0.262 e. The summed E-state index contributed by atoms with van der Waals surface area (Å²) in [5.41, 5.74) is 2.95. The molecule has 2 aliphatic rings. The first-order chi connectivity index (χ1) is 39.5. The molecule has 6 heterocycles. The molecule has 10 aromatic carbocycles. The van der Waals surface area contributed by atoms with Crippen LogP contribution in [-0.4, -0.2) is 6.71 Å². The van der Waals surface area contributed by atoms with Gasteiger partial charge in [0, 0.05) is 76.8 Å². The molecular formula is C60H33BN2O4. The molecule has 310 valence electrons. The number of benzene rings is 10. The van der Waals surface area contributed by atoms with Crippen molar-refractivity contribution in [2.45, 2.75) is 0 Å². The summed E-state index contributed by atoms with van der Waals surface area (Å²) in [6.45, 7) is -1.19. The first kappa shape index (κ1) is 24.4. The van der Waals surface area contributed by atoms with Crippen LogP contribution in [0.15, 0.2) is 217 Å². The summed E-state index contributed by atoms with van der Waals surface area (Å²) in [6, 6.07) is 22.7. The maximum Gasteiger partial charge on any atom is 0.262 e. The summed E-state index contributed by atoms with van der Waals surface area (Å²) in [5, 5.41) is 4.99. The van der Waals surface area contributed by atoms with E-state index in [1.54, 1.807) is 12.1 Å². The van der Waals surface area contributed by atoms with Crippen LogP contribution in [0.5, 0.6) is 0 Å². The summed E-state index contributed by atoms with van der Waals surface area (Å²) in [5.74, 6) is 0. The number of hydrogen-bond donors (Lipinski definition) is 0. The predicted molar refractivity (Wildman–Crippen MR) is 275 cm³/mol. The highest BCUT2D eigenvalue weighted by Gasteiger charge is 2.50. The summed E-state index contributed by atoms with van der Waals surface area (Å²) in [7, 11) is 0. The van der Waals surface area contributed by atoms with Gasteiger partial charge in [0.15, 0.2) is 11.2 Å². The third kappa shape index (κ3) is 4.55. The van der Waals surface area contributed by atoms with Crippen LogP contribution in [0.3, 0.4) is 0 Å². The number of fused-ring (bicyclic) bond motifs is 22. The van der Waals surface area contributed by atoms with Gasteiger partial charge < -0.3 is 27.5 Å². The lowest BCUT2D eigenvalue weighted by Gasteiger charge is -2.44. The van der Waals surface area contributed by atoms with E-state index in [-0.39, 0.29) is 61.9 Å². The van der Waals surface area contributed by atoms with Crippen LogP contribution in [0, 0.1) is 0 Å². The van der Waals surface area contributed by atoms with E-state index in [1.165, 1.54) is 21.9 Å². The maximum absolute atomic E-state index is 9.83. The Labute approximate surface area is 403 Å². The van der Waals surface area contributed by atoms with Gasteiger partial charge in [0.2, 0.25) is 0 Å². The van der Waals surface area contributed by atoms with Crippen LogP contribution in [0.25, 0.3) is 98.9 Å². The number of furan rings is 4. The number of para-hydroxylation sites is 6. The second-order valence-electron chi connectivity index (χ2n) is 16.7. The van der Waals surface area contributed by atoms with Gasteiger partial charge in [0.1, 0.15) is 33.5 Å². The number of anilines is 6. The molecule has 14 aromatic rings. The van der Waals surface area contributed by atoms with Crippen molar-refractivity contribution in [2.24, 2.45) is 0 Å². The normalized spacial score (nSPS) is 16.4. The summed E-state index contributed by atoms with van der Waals surface area (Å²) in [4.78, 5) is 2.95. The van der Waals surface area contributed by atoms with Crippen molar-refractivity contribution >= 4 is 145 Å². The van der Waals surface area contributed by atoms with Crippen molar-refractivity contribution < 1.29 is 38.2 Å². The molecule has 0 spiro atoms. The van der Waals surface area contributed by atoms with Gasteiger partial charge >= 0.3 is 0 Å². The number of nitrogens with zero attached hydrogens (tertiary/aromatic N) is 2. The molecule has 0 radical (unpaired) electrons. The van der Waals surface area contributed by atoms with E-state index in [0.29, 0.717) is 87.5 Å². The molecule has 0 saturated heterocycles. The molecule has 0 atom stereocenters. The van der Waals surface area contributed by atoms with Crippen molar-refractivity contribution in [1.82, 2.24) is 0 Å². The Balaban J connectivity index is 1.24. The van der Waals surface area contributed by atoms with Gasteiger partial charge in [-0.25, -0.2) is 0 Å². The predicted octanol–water partition coefficient (Wildman–Crippen LogP) is 15.0. The third-order valence-corrected chi connectivity index (χ3v) is 13.5. The first-order valence-electron chi connectivity index (χ1n) is 29.1. The lowest BCUT2D eigenvalue weighted by Crippen LogP contribution is -2.61. The van der Waals surface area contributed by atoms with E-state index < -0.39 is 97.3 Å². The van der Waals surface area contributed by atoms with Gasteiger partial charge in [-0.3, -0.25) is 0 Å². The monoisotopic (exact) mass is 871 g/mol. The Hall–Kier alpha value is -8.94. The Morgan fingerprint density at radius 2 is 0.701 bits per heavy atom. The van der Waals surface area contributed by atoms with E-state index in [1.807, 2.05) is 84.9 Å². The van der Waals surface area contributed by atoms with Crippen LogP contribution in [0.4, 0.5) is 34.1 Å². The minimum Gasteiger partial charge on any atom is -0.456 e. The fourth-order valence-electron chi connectivity index (χ4n) is 11.0. The summed E-state index contributed by atoms with van der Waals surface area (Å²) < 4.78 is 168. The third-order valence-electron chi connectivity index (χ3n) is 13.5. The van der Waals surface area contributed by atoms with Crippen molar-refractivity contribution in [3.8, 4) is 11.1 Å². The first-order valence-corrected chi connectivity index (χ1v) is 21.6. The SMILES string of the molecule is [2H]c1c([2H])c([2H])c(-c2cc3c4c(c2)N(c2c([2H])c([2H])c([2H])c([2H])c2[2H])c2c(c5oc6ccccc6c5c5c2oc2ccccc25)B4c2c(c4oc5ccccc5c4c4c2oc2ccccc24)N3c2c([2H])c([2H])c([2H])c([2H])c2[2H])c([2H])c1[2H]. The summed E-state index contributed by atoms with van der Waals surface area (Å²) in [6.07, 6.45) is 0. The minimum atomic E-state index is -1.19. The highest BCUT2D eigenvalue weighted by atomic mass is 16.3. The average Bonchev–Trinajstić information content (AvgIpc) is 1.59. The second-order valence-corrected chi connectivity index (χ2v) is 16.7. The Morgan fingerprint density at radius 3 is 1.10 bits per heavy atom. The Morgan fingerprint density at radius 1 is 0.358 bits per heavy atom. The topological polar surface area (TPSA) is 59.0 Å². The molecule has 0 N–H and O–H groups in total. The fraction of sp³-hybridized carbons (Fsp3) is 0. The van der Waals surface area contributed by atoms with E-state index in [9.17, 15) is 13.7 Å². The molecule has 4 aromatic heterocycles. The molecule has 0 bridgehead atoms. The largest absolute Gasteiger partial charge is 0.456 e. The Bertz CT molecular complexity index is 4980. The highest BCUT2D eigenvalue weighted by molar-refractivity contribution is 7.03. The average molecular weight is 872 g/mol. The molecule has 16 rings (SSSR count). The molecule has 6 nitrogen and oxygen atoms in total. The minimum absolute atomic E-state index is 0.0320.